The first-order chi connectivity index (χ1) is 13.7. The van der Waals surface area contributed by atoms with Gasteiger partial charge in [-0.25, -0.2) is 9.97 Å². The lowest BCUT2D eigenvalue weighted by Gasteiger charge is -2.13. The van der Waals surface area contributed by atoms with Gasteiger partial charge in [-0.15, -0.1) is 0 Å². The van der Waals surface area contributed by atoms with Crippen LogP contribution in [0.3, 0.4) is 0 Å². The maximum absolute atomic E-state index is 9.61. The summed E-state index contributed by atoms with van der Waals surface area (Å²) in [7, 11) is 0. The molecule has 0 amide bonds. The lowest BCUT2D eigenvalue weighted by molar-refractivity contribution is 0.275. The molecule has 28 heavy (non-hydrogen) atoms. The third-order valence-corrected chi connectivity index (χ3v) is 4.69. The van der Waals surface area contributed by atoms with Crippen molar-refractivity contribution in [3.63, 3.8) is 0 Å². The second-order valence-electron chi connectivity index (χ2n) is 6.70. The molecule has 142 valence electrons. The zero-order valence-electron chi connectivity index (χ0n) is 15.8. The van der Waals surface area contributed by atoms with Crippen LogP contribution in [0.1, 0.15) is 28.3 Å². The first kappa shape index (κ1) is 18.2. The van der Waals surface area contributed by atoms with Crippen LogP contribution in [0.4, 0.5) is 0 Å². The first-order valence-corrected chi connectivity index (χ1v) is 9.34. The SMILES string of the molecule is Cc1nc(OCc2ccccc2)c(CCc2nc3ccccc3o2)cc1CO. The van der Waals surface area contributed by atoms with Crippen LogP contribution in [-0.2, 0) is 26.1 Å². The molecule has 0 atom stereocenters. The number of hydrogen-bond acceptors (Lipinski definition) is 5. The number of fused-ring (bicyclic) bond motifs is 1. The highest BCUT2D eigenvalue weighted by atomic mass is 16.5. The average Bonchev–Trinajstić information content (AvgIpc) is 3.15. The monoisotopic (exact) mass is 374 g/mol. The Morgan fingerprint density at radius 2 is 1.71 bits per heavy atom. The van der Waals surface area contributed by atoms with Crippen LogP contribution in [-0.4, -0.2) is 15.1 Å². The highest BCUT2D eigenvalue weighted by Crippen LogP contribution is 2.24. The summed E-state index contributed by atoms with van der Waals surface area (Å²) in [4.78, 5) is 9.11. The molecule has 4 aromatic rings. The predicted octanol–water partition coefficient (Wildman–Crippen LogP) is 4.39. The Bertz CT molecular complexity index is 1040. The lowest BCUT2D eigenvalue weighted by atomic mass is 10.1. The largest absolute Gasteiger partial charge is 0.473 e. The number of ether oxygens (including phenoxy) is 1. The number of oxazole rings is 1. The molecule has 4 rings (SSSR count). The number of aliphatic hydroxyl groups is 1. The van der Waals surface area contributed by atoms with Crippen molar-refractivity contribution in [3.05, 3.63) is 88.9 Å². The van der Waals surface area contributed by atoms with Gasteiger partial charge in [-0.2, -0.15) is 0 Å². The second kappa shape index (κ2) is 8.23. The maximum Gasteiger partial charge on any atom is 0.217 e. The van der Waals surface area contributed by atoms with E-state index < -0.39 is 0 Å². The number of pyridine rings is 1. The molecule has 2 heterocycles. The van der Waals surface area contributed by atoms with Crippen LogP contribution in [0.25, 0.3) is 11.1 Å². The Balaban J connectivity index is 1.55. The van der Waals surface area contributed by atoms with E-state index in [0.29, 0.717) is 31.2 Å². The predicted molar refractivity (Wildman–Crippen MR) is 107 cm³/mol. The maximum atomic E-state index is 9.61. The van der Waals surface area contributed by atoms with E-state index in [2.05, 4.69) is 9.97 Å². The molecule has 0 aliphatic carbocycles. The molecule has 5 heteroatoms. The van der Waals surface area contributed by atoms with Crippen molar-refractivity contribution in [2.45, 2.75) is 33.0 Å². The highest BCUT2D eigenvalue weighted by molar-refractivity contribution is 5.72. The van der Waals surface area contributed by atoms with Gasteiger partial charge in [0.1, 0.15) is 12.1 Å². The Morgan fingerprint density at radius 3 is 2.50 bits per heavy atom. The number of aromatic nitrogens is 2. The molecule has 5 nitrogen and oxygen atoms in total. The first-order valence-electron chi connectivity index (χ1n) is 9.34. The Hall–Kier alpha value is -3.18. The van der Waals surface area contributed by atoms with Gasteiger partial charge in [0.05, 0.1) is 6.61 Å². The fourth-order valence-electron chi connectivity index (χ4n) is 3.13. The summed E-state index contributed by atoms with van der Waals surface area (Å²) in [6.07, 6.45) is 1.29. The summed E-state index contributed by atoms with van der Waals surface area (Å²) >= 11 is 0. The van der Waals surface area contributed by atoms with Gasteiger partial charge < -0.3 is 14.3 Å². The van der Waals surface area contributed by atoms with Gasteiger partial charge in [-0.1, -0.05) is 42.5 Å². The highest BCUT2D eigenvalue weighted by Gasteiger charge is 2.13. The number of para-hydroxylation sites is 2. The van der Waals surface area contributed by atoms with Gasteiger partial charge >= 0.3 is 0 Å². The van der Waals surface area contributed by atoms with Gasteiger partial charge in [-0.3, -0.25) is 0 Å². The number of hydrogen-bond donors (Lipinski definition) is 1. The third kappa shape index (κ3) is 4.05. The number of rotatable bonds is 7. The number of benzene rings is 2. The molecular weight excluding hydrogens is 352 g/mol. The van der Waals surface area contributed by atoms with Crippen molar-refractivity contribution in [1.82, 2.24) is 9.97 Å². The van der Waals surface area contributed by atoms with Gasteiger partial charge in [-0.05, 0) is 42.7 Å². The minimum absolute atomic E-state index is 0.0479. The van der Waals surface area contributed by atoms with Gasteiger partial charge in [0.2, 0.25) is 5.88 Å². The molecule has 0 unspecified atom stereocenters. The van der Waals surface area contributed by atoms with E-state index in [1.54, 1.807) is 0 Å². The summed E-state index contributed by atoms with van der Waals surface area (Å²) in [6.45, 7) is 2.28. The van der Waals surface area contributed by atoms with E-state index >= 15 is 0 Å². The molecule has 0 spiro atoms. The van der Waals surface area contributed by atoms with Crippen molar-refractivity contribution in [3.8, 4) is 5.88 Å². The fraction of sp³-hybridized carbons (Fsp3) is 0.217. The number of nitrogens with zero attached hydrogens (tertiary/aromatic N) is 2. The molecule has 2 aromatic heterocycles. The Labute approximate surface area is 163 Å². The van der Waals surface area contributed by atoms with Crippen molar-refractivity contribution in [1.29, 1.82) is 0 Å². The van der Waals surface area contributed by atoms with Gasteiger partial charge in [0, 0.05) is 17.7 Å². The lowest BCUT2D eigenvalue weighted by Crippen LogP contribution is -2.06. The smallest absolute Gasteiger partial charge is 0.217 e. The van der Waals surface area contributed by atoms with Crippen LogP contribution >= 0.6 is 0 Å². The summed E-state index contributed by atoms with van der Waals surface area (Å²) in [5.41, 5.74) is 5.24. The molecule has 0 saturated carbocycles. The molecule has 0 aliphatic heterocycles. The van der Waals surface area contributed by atoms with Crippen molar-refractivity contribution in [2.75, 3.05) is 0 Å². The third-order valence-electron chi connectivity index (χ3n) is 4.69. The van der Waals surface area contributed by atoms with E-state index in [-0.39, 0.29) is 6.61 Å². The molecule has 0 radical (unpaired) electrons. The zero-order valence-corrected chi connectivity index (χ0v) is 15.8. The summed E-state index contributed by atoms with van der Waals surface area (Å²) in [5, 5.41) is 9.61. The van der Waals surface area contributed by atoms with Crippen molar-refractivity contribution in [2.24, 2.45) is 0 Å². The molecule has 1 N–H and O–H groups in total. The van der Waals surface area contributed by atoms with Crippen LogP contribution in [0, 0.1) is 6.92 Å². The van der Waals surface area contributed by atoms with Crippen molar-refractivity contribution >= 4 is 11.1 Å². The molecule has 0 saturated heterocycles. The second-order valence-corrected chi connectivity index (χ2v) is 6.70. The van der Waals surface area contributed by atoms with Crippen molar-refractivity contribution < 1.29 is 14.3 Å². The Kier molecular flexibility index (Phi) is 5.35. The summed E-state index contributed by atoms with van der Waals surface area (Å²) in [5.74, 6) is 1.27. The van der Waals surface area contributed by atoms with Crippen LogP contribution in [0.5, 0.6) is 5.88 Å². The van der Waals surface area contributed by atoms with E-state index in [1.165, 1.54) is 0 Å². The number of aliphatic hydroxyl groups excluding tert-OH is 1. The molecule has 0 bridgehead atoms. The molecule has 0 fully saturated rings. The van der Waals surface area contributed by atoms with Crippen LogP contribution in [0.2, 0.25) is 0 Å². The Morgan fingerprint density at radius 1 is 0.929 bits per heavy atom. The topological polar surface area (TPSA) is 68.4 Å². The zero-order chi connectivity index (χ0) is 19.3. The van der Waals surface area contributed by atoms with E-state index in [9.17, 15) is 5.11 Å². The number of aryl methyl sites for hydroxylation is 3. The molecule has 2 aromatic carbocycles. The minimum Gasteiger partial charge on any atom is -0.473 e. The molecular formula is C23H22N2O3. The van der Waals surface area contributed by atoms with Gasteiger partial charge in [0.15, 0.2) is 11.5 Å². The van der Waals surface area contributed by atoms with E-state index in [0.717, 1.165) is 33.5 Å². The van der Waals surface area contributed by atoms with E-state index in [1.807, 2.05) is 67.6 Å². The fourth-order valence-corrected chi connectivity index (χ4v) is 3.13. The van der Waals surface area contributed by atoms with Gasteiger partial charge in [0.25, 0.3) is 0 Å². The normalized spacial score (nSPS) is 11.1. The average molecular weight is 374 g/mol. The standard InChI is InChI=1S/C23H22N2O3/c1-16-19(14-26)13-18(23(24-16)27-15-17-7-3-2-4-8-17)11-12-22-25-20-9-5-6-10-21(20)28-22/h2-10,13,26H,11-12,14-15H2,1H3. The van der Waals surface area contributed by atoms with E-state index in [4.69, 9.17) is 9.15 Å². The minimum atomic E-state index is -0.0479. The summed E-state index contributed by atoms with van der Waals surface area (Å²) < 4.78 is 11.8. The van der Waals surface area contributed by atoms with Crippen LogP contribution < -0.4 is 4.74 Å². The van der Waals surface area contributed by atoms with Crippen LogP contribution in [0.15, 0.2) is 65.1 Å². The summed E-state index contributed by atoms with van der Waals surface area (Å²) in [6, 6.07) is 19.7. The molecule has 0 aliphatic rings. The quantitative estimate of drug-likeness (QED) is 0.520.